The van der Waals surface area contributed by atoms with E-state index in [9.17, 15) is 0 Å². The highest BCUT2D eigenvalue weighted by Gasteiger charge is 1.90. The van der Waals surface area contributed by atoms with Gasteiger partial charge in [-0.1, -0.05) is 15.7 Å². The Hall–Kier alpha value is -0.900. The number of halogens is 1. The fourth-order valence-corrected chi connectivity index (χ4v) is 1.53. The van der Waals surface area contributed by atoms with Crippen LogP contribution in [0.2, 0.25) is 0 Å². The quantitative estimate of drug-likeness (QED) is 0.580. The molecule has 1 heterocycles. The molecule has 0 saturated carbocycles. The lowest BCUT2D eigenvalue weighted by Gasteiger charge is -2.08. The molecule has 0 saturated heterocycles. The van der Waals surface area contributed by atoms with Crippen LogP contribution in [0, 0.1) is 16.6 Å². The molecular weight excluding hydrogens is 285 g/mol. The summed E-state index contributed by atoms with van der Waals surface area (Å²) >= 11 is 2.27. The van der Waals surface area contributed by atoms with Gasteiger partial charge >= 0.3 is 0 Å². The molecule has 2 rings (SSSR count). The first-order chi connectivity index (χ1) is 6.75. The predicted molar refractivity (Wildman–Crippen MR) is 66.0 cm³/mol. The molecule has 70 valence electrons. The van der Waals surface area contributed by atoms with E-state index < -0.39 is 0 Å². The minimum Gasteiger partial charge on any atom is -0.304 e. The zero-order valence-electron chi connectivity index (χ0n) is 7.79. The highest BCUT2D eigenvalue weighted by Crippen LogP contribution is 2.17. The lowest BCUT2D eigenvalue weighted by molar-refractivity contribution is 1.27. The Kier molecular flexibility index (Phi) is 2.82. The third-order valence-corrected chi connectivity index (χ3v) is 2.63. The van der Waals surface area contributed by atoms with Crippen LogP contribution in [-0.2, 0) is 0 Å². The van der Waals surface area contributed by atoms with Gasteiger partial charge in [-0.3, -0.25) is 0 Å². The summed E-state index contributed by atoms with van der Waals surface area (Å²) in [6, 6.07) is 13.4. The second-order valence-corrected chi connectivity index (χ2v) is 4.39. The highest BCUT2D eigenvalue weighted by molar-refractivity contribution is 14.1. The average Bonchev–Trinajstić information content (AvgIpc) is 2.21. The highest BCUT2D eigenvalue weighted by atomic mass is 127. The van der Waals surface area contributed by atoms with Gasteiger partial charge in [0.1, 0.15) is 0 Å². The van der Waals surface area contributed by atoms with E-state index in [1.54, 1.807) is 0 Å². The van der Waals surface area contributed by atoms with Crippen molar-refractivity contribution in [3.05, 3.63) is 51.7 Å². The fraction of sp³-hybridized carbons (Fsp3) is 0.0833. The standard InChI is InChI=1S/C12H9IN/c1-9-2-7-12(14-8-9)10-3-5-11(13)6-4-10/h2-3,5-8H,1H3/q-1. The third kappa shape index (κ3) is 2.12. The molecule has 2 aromatic rings. The monoisotopic (exact) mass is 294 g/mol. The van der Waals surface area contributed by atoms with Crippen LogP contribution in [0.4, 0.5) is 0 Å². The van der Waals surface area contributed by atoms with Gasteiger partial charge in [-0.25, -0.2) is 0 Å². The van der Waals surface area contributed by atoms with Crippen LogP contribution in [0.3, 0.4) is 0 Å². The van der Waals surface area contributed by atoms with Crippen LogP contribution < -0.4 is 0 Å². The molecule has 0 N–H and O–H groups in total. The third-order valence-electron chi connectivity index (χ3n) is 1.96. The lowest BCUT2D eigenvalue weighted by Crippen LogP contribution is -1.84. The van der Waals surface area contributed by atoms with Crippen molar-refractivity contribution >= 4 is 22.6 Å². The molecule has 2 heteroatoms. The van der Waals surface area contributed by atoms with Gasteiger partial charge < -0.3 is 4.98 Å². The van der Waals surface area contributed by atoms with Crippen LogP contribution >= 0.6 is 22.6 Å². The summed E-state index contributed by atoms with van der Waals surface area (Å²) in [5, 5.41) is 0. The average molecular weight is 294 g/mol. The molecule has 0 radical (unpaired) electrons. The molecule has 0 spiro atoms. The van der Waals surface area contributed by atoms with Crippen molar-refractivity contribution in [3.63, 3.8) is 0 Å². The van der Waals surface area contributed by atoms with E-state index in [2.05, 4.69) is 45.8 Å². The topological polar surface area (TPSA) is 12.9 Å². The van der Waals surface area contributed by atoms with E-state index in [0.717, 1.165) is 11.3 Å². The molecule has 0 aliphatic rings. The van der Waals surface area contributed by atoms with Crippen LogP contribution in [0.1, 0.15) is 5.56 Å². The van der Waals surface area contributed by atoms with Gasteiger partial charge in [-0.15, -0.1) is 52.4 Å². The van der Waals surface area contributed by atoms with Crippen molar-refractivity contribution in [3.8, 4) is 11.3 Å². The Morgan fingerprint density at radius 1 is 1.21 bits per heavy atom. The summed E-state index contributed by atoms with van der Waals surface area (Å²) in [6.07, 6.45) is 1.88. The van der Waals surface area contributed by atoms with Crippen LogP contribution in [0.15, 0.2) is 36.5 Å². The largest absolute Gasteiger partial charge is 0.304 e. The van der Waals surface area contributed by atoms with Gasteiger partial charge in [0.05, 0.1) is 0 Å². The molecule has 1 aromatic heterocycles. The first-order valence-electron chi connectivity index (χ1n) is 4.36. The Bertz CT molecular complexity index is 374. The van der Waals surface area contributed by atoms with Crippen LogP contribution in [0.25, 0.3) is 11.3 Å². The second kappa shape index (κ2) is 4.09. The van der Waals surface area contributed by atoms with E-state index in [4.69, 9.17) is 0 Å². The zero-order chi connectivity index (χ0) is 9.97. The molecule has 0 aliphatic heterocycles. The number of pyridine rings is 1. The predicted octanol–water partition coefficient (Wildman–Crippen LogP) is 3.46. The molecule has 0 bridgehead atoms. The molecule has 1 nitrogen and oxygen atoms in total. The Balaban J connectivity index is 2.40. The summed E-state index contributed by atoms with van der Waals surface area (Å²) < 4.78 is 1.19. The first-order valence-corrected chi connectivity index (χ1v) is 5.44. The molecule has 0 unspecified atom stereocenters. The van der Waals surface area contributed by atoms with E-state index in [1.165, 1.54) is 9.13 Å². The van der Waals surface area contributed by atoms with E-state index >= 15 is 0 Å². The first kappa shape index (κ1) is 9.65. The minimum atomic E-state index is 0.979. The Labute approximate surface area is 97.3 Å². The number of nitrogens with zero attached hydrogens (tertiary/aromatic N) is 1. The molecule has 0 aliphatic carbocycles. The van der Waals surface area contributed by atoms with Gasteiger partial charge in [-0.05, 0) is 18.2 Å². The molecule has 14 heavy (non-hydrogen) atoms. The summed E-state index contributed by atoms with van der Waals surface area (Å²) in [6.45, 7) is 2.04. The normalized spacial score (nSPS) is 10.1. The molecule has 1 aromatic carbocycles. The summed E-state index contributed by atoms with van der Waals surface area (Å²) in [4.78, 5) is 4.34. The second-order valence-electron chi connectivity index (χ2n) is 3.14. The fourth-order valence-electron chi connectivity index (χ4n) is 1.19. The lowest BCUT2D eigenvalue weighted by atomic mass is 10.1. The van der Waals surface area contributed by atoms with Crippen molar-refractivity contribution in [2.45, 2.75) is 6.92 Å². The van der Waals surface area contributed by atoms with Gasteiger partial charge in [0.25, 0.3) is 0 Å². The van der Waals surface area contributed by atoms with Gasteiger partial charge in [0.15, 0.2) is 0 Å². The van der Waals surface area contributed by atoms with E-state index in [-0.39, 0.29) is 0 Å². The molecule has 0 amide bonds. The summed E-state index contributed by atoms with van der Waals surface area (Å²) in [7, 11) is 0. The van der Waals surface area contributed by atoms with E-state index in [0.29, 0.717) is 0 Å². The van der Waals surface area contributed by atoms with Crippen LogP contribution in [0.5, 0.6) is 0 Å². The number of rotatable bonds is 1. The number of aromatic nitrogens is 1. The van der Waals surface area contributed by atoms with E-state index in [1.807, 2.05) is 31.3 Å². The molecule has 0 atom stereocenters. The zero-order valence-corrected chi connectivity index (χ0v) is 9.95. The Morgan fingerprint density at radius 2 is 2.07 bits per heavy atom. The minimum absolute atomic E-state index is 0.979. The van der Waals surface area contributed by atoms with Crippen molar-refractivity contribution in [2.24, 2.45) is 0 Å². The summed E-state index contributed by atoms with van der Waals surface area (Å²) in [5.41, 5.74) is 3.21. The van der Waals surface area contributed by atoms with Crippen molar-refractivity contribution in [1.82, 2.24) is 4.98 Å². The van der Waals surface area contributed by atoms with Crippen molar-refractivity contribution < 1.29 is 0 Å². The maximum absolute atomic E-state index is 4.34. The van der Waals surface area contributed by atoms with Gasteiger partial charge in [-0.2, -0.15) is 0 Å². The van der Waals surface area contributed by atoms with Crippen LogP contribution in [-0.4, -0.2) is 4.98 Å². The maximum atomic E-state index is 4.34. The SMILES string of the molecule is Cc1ccc(-c2[c-]cc(I)cc2)nc1. The molecular formula is C12H9IN-. The number of hydrogen-bond acceptors (Lipinski definition) is 1. The number of hydrogen-bond donors (Lipinski definition) is 0. The van der Waals surface area contributed by atoms with Gasteiger partial charge in [0.2, 0.25) is 0 Å². The van der Waals surface area contributed by atoms with Gasteiger partial charge in [0, 0.05) is 6.20 Å². The van der Waals surface area contributed by atoms with Crippen molar-refractivity contribution in [2.75, 3.05) is 0 Å². The Morgan fingerprint density at radius 3 is 2.64 bits per heavy atom. The maximum Gasteiger partial charge on any atom is 0.0190 e. The summed E-state index contributed by atoms with van der Waals surface area (Å²) in [5.74, 6) is 0. The molecule has 0 fully saturated rings. The number of aryl methyl sites for hydroxylation is 1. The smallest absolute Gasteiger partial charge is 0.0190 e. The van der Waals surface area contributed by atoms with Crippen molar-refractivity contribution in [1.29, 1.82) is 0 Å². The number of benzene rings is 1.